The molecule has 0 aromatic heterocycles. The highest BCUT2D eigenvalue weighted by Gasteiger charge is 2.18. The fraction of sp³-hybridized carbons (Fsp3) is 0.909. The van der Waals surface area contributed by atoms with Gasteiger partial charge in [0.2, 0.25) is 0 Å². The van der Waals surface area contributed by atoms with Gasteiger partial charge in [-0.25, -0.2) is 4.59 Å². The van der Waals surface area contributed by atoms with E-state index in [0.29, 0.717) is 13.0 Å². The number of aliphatic hydroxyl groups excluding tert-OH is 2. The minimum Gasteiger partial charge on any atom is -0.856 e. The van der Waals surface area contributed by atoms with E-state index in [2.05, 4.69) is 5.10 Å². The summed E-state index contributed by atoms with van der Waals surface area (Å²) in [5.41, 5.74) is 0. The maximum Gasteiger partial charge on any atom is 0.128 e. The third kappa shape index (κ3) is 6.76. The zero-order chi connectivity index (χ0) is 12.8. The zero-order valence-corrected chi connectivity index (χ0v) is 10.7. The van der Waals surface area contributed by atoms with E-state index in [1.165, 1.54) is 0 Å². The van der Waals surface area contributed by atoms with Crippen LogP contribution in [0.3, 0.4) is 0 Å². The van der Waals surface area contributed by atoms with E-state index < -0.39 is 18.1 Å². The molecular weight excluding hydrogens is 208 g/mol. The maximum atomic E-state index is 11.5. The molecule has 16 heavy (non-hydrogen) atoms. The van der Waals surface area contributed by atoms with Crippen molar-refractivity contribution in [2.24, 2.45) is 5.10 Å². The van der Waals surface area contributed by atoms with Gasteiger partial charge in [-0.3, -0.25) is 0 Å². The maximum absolute atomic E-state index is 11.5. The number of hydrogen-bond acceptors (Lipinski definition) is 4. The lowest BCUT2D eigenvalue weighted by Crippen LogP contribution is -2.44. The quantitative estimate of drug-likeness (QED) is 0.273. The Labute approximate surface area is 97.6 Å². The Bertz CT molecular complexity index is 227. The minimum atomic E-state index is -1.01. The van der Waals surface area contributed by atoms with Crippen LogP contribution in [0.5, 0.6) is 0 Å². The third-order valence-corrected chi connectivity index (χ3v) is 2.20. The second-order valence-corrected chi connectivity index (χ2v) is 4.75. The fourth-order valence-electron chi connectivity index (χ4n) is 1.54. The molecule has 0 aliphatic rings. The summed E-state index contributed by atoms with van der Waals surface area (Å²) in [6, 6.07) is 0. The Morgan fingerprint density at radius 1 is 1.38 bits per heavy atom. The highest BCUT2D eigenvalue weighted by molar-refractivity contribution is 5.75. The van der Waals surface area contributed by atoms with Crippen LogP contribution < -0.4 is 5.11 Å². The molecular formula is C11H24N2O3. The predicted octanol–water partition coefficient (Wildman–Crippen LogP) is -0.331. The Kier molecular flexibility index (Phi) is 6.55. The normalized spacial score (nSPS) is 17.2. The number of nitrogens with zero attached hydrogens (tertiary/aromatic N) is 2. The molecule has 0 bridgehead atoms. The zero-order valence-electron chi connectivity index (χ0n) is 10.7. The summed E-state index contributed by atoms with van der Waals surface area (Å²) in [4.78, 5) is 0. The van der Waals surface area contributed by atoms with Gasteiger partial charge in [0.25, 0.3) is 0 Å². The molecule has 2 atom stereocenters. The minimum absolute atomic E-state index is 0.0414. The third-order valence-electron chi connectivity index (χ3n) is 2.20. The van der Waals surface area contributed by atoms with E-state index >= 15 is 0 Å². The number of aliphatic hydroxyl groups is 2. The molecule has 0 aliphatic heterocycles. The number of quaternary nitrogens is 1. The first-order valence-electron chi connectivity index (χ1n) is 5.74. The van der Waals surface area contributed by atoms with Crippen molar-refractivity contribution < 1.29 is 19.9 Å². The summed E-state index contributed by atoms with van der Waals surface area (Å²) in [6.07, 6.45) is 0.668. The molecule has 0 amide bonds. The van der Waals surface area contributed by atoms with Crippen LogP contribution in [-0.4, -0.2) is 53.6 Å². The number of likely N-dealkylation sites (N-methyl/N-ethyl adjacent to an activating group) is 1. The van der Waals surface area contributed by atoms with Gasteiger partial charge in [0, 0.05) is 0 Å². The average molecular weight is 232 g/mol. The largest absolute Gasteiger partial charge is 0.856 e. The van der Waals surface area contributed by atoms with Crippen LogP contribution >= 0.6 is 0 Å². The topological polar surface area (TPSA) is 75.9 Å². The van der Waals surface area contributed by atoms with Crippen LogP contribution in [0.25, 0.3) is 0 Å². The summed E-state index contributed by atoms with van der Waals surface area (Å²) in [6.45, 7) is 4.00. The molecule has 0 saturated heterocycles. The SMILES string of the molecule is CCCCC(O)/C([O-])=N/[N+](C)(C)CC(C)O. The molecule has 0 saturated carbocycles. The Hall–Kier alpha value is -0.650. The summed E-state index contributed by atoms with van der Waals surface area (Å²) in [5, 5.41) is 34.2. The van der Waals surface area contributed by atoms with Crippen molar-refractivity contribution in [1.29, 1.82) is 0 Å². The van der Waals surface area contributed by atoms with E-state index in [1.807, 2.05) is 6.92 Å². The molecule has 0 heterocycles. The van der Waals surface area contributed by atoms with Crippen molar-refractivity contribution in [1.82, 2.24) is 0 Å². The van der Waals surface area contributed by atoms with Gasteiger partial charge in [-0.2, -0.15) is 0 Å². The molecule has 0 radical (unpaired) electrons. The lowest BCUT2D eigenvalue weighted by Gasteiger charge is -2.28. The van der Waals surface area contributed by atoms with Crippen LogP contribution in [0.4, 0.5) is 0 Å². The van der Waals surface area contributed by atoms with Gasteiger partial charge in [0.05, 0.1) is 26.1 Å². The van der Waals surface area contributed by atoms with Gasteiger partial charge >= 0.3 is 0 Å². The number of unbranched alkanes of at least 4 members (excludes halogenated alkanes) is 1. The molecule has 96 valence electrons. The molecule has 0 aliphatic carbocycles. The van der Waals surface area contributed by atoms with Crippen molar-refractivity contribution in [3.8, 4) is 0 Å². The first kappa shape index (κ1) is 15.3. The molecule has 0 fully saturated rings. The predicted molar refractivity (Wildman–Crippen MR) is 61.6 cm³/mol. The smallest absolute Gasteiger partial charge is 0.128 e. The lowest BCUT2D eigenvalue weighted by molar-refractivity contribution is -0.901. The van der Waals surface area contributed by atoms with Gasteiger partial charge in [-0.15, -0.1) is 5.10 Å². The van der Waals surface area contributed by atoms with Crippen LogP contribution in [0.15, 0.2) is 5.10 Å². The van der Waals surface area contributed by atoms with Gasteiger partial charge in [-0.05, 0) is 13.3 Å². The molecule has 0 aromatic carbocycles. The highest BCUT2D eigenvalue weighted by Crippen LogP contribution is 2.05. The Balaban J connectivity index is 4.37. The molecule has 5 heteroatoms. The van der Waals surface area contributed by atoms with Gasteiger partial charge in [-0.1, -0.05) is 19.8 Å². The second-order valence-electron chi connectivity index (χ2n) is 4.75. The molecule has 5 nitrogen and oxygen atoms in total. The highest BCUT2D eigenvalue weighted by atomic mass is 16.3. The van der Waals surface area contributed by atoms with Crippen molar-refractivity contribution in [2.75, 3.05) is 20.6 Å². The van der Waals surface area contributed by atoms with Crippen molar-refractivity contribution >= 4 is 5.90 Å². The van der Waals surface area contributed by atoms with Gasteiger partial charge in [0.1, 0.15) is 12.6 Å². The van der Waals surface area contributed by atoms with Crippen LogP contribution in [-0.2, 0) is 0 Å². The molecule has 2 N–H and O–H groups in total. The summed E-state index contributed by atoms with van der Waals surface area (Å²) in [7, 11) is 3.44. The number of hydrogen-bond donors (Lipinski definition) is 2. The van der Waals surface area contributed by atoms with E-state index in [4.69, 9.17) is 0 Å². The van der Waals surface area contributed by atoms with Gasteiger partial charge in [0.15, 0.2) is 0 Å². The molecule has 0 rings (SSSR count). The van der Waals surface area contributed by atoms with Gasteiger partial charge < -0.3 is 15.3 Å². The van der Waals surface area contributed by atoms with E-state index in [1.54, 1.807) is 21.0 Å². The second kappa shape index (κ2) is 6.83. The van der Waals surface area contributed by atoms with Crippen molar-refractivity contribution in [3.05, 3.63) is 0 Å². The summed E-state index contributed by atoms with van der Waals surface area (Å²) in [5.74, 6) is -0.501. The van der Waals surface area contributed by atoms with Crippen LogP contribution in [0, 0.1) is 0 Å². The molecule has 0 aromatic rings. The fourth-order valence-corrected chi connectivity index (χ4v) is 1.54. The summed E-state index contributed by atoms with van der Waals surface area (Å²) >= 11 is 0. The van der Waals surface area contributed by atoms with Crippen LogP contribution in [0.1, 0.15) is 33.1 Å². The van der Waals surface area contributed by atoms with Crippen molar-refractivity contribution in [2.45, 2.75) is 45.3 Å². The first-order chi connectivity index (χ1) is 7.28. The van der Waals surface area contributed by atoms with Crippen molar-refractivity contribution in [3.63, 3.8) is 0 Å². The standard InChI is InChI=1S/C11H24N2O3/c1-5-6-7-10(15)11(16)12-13(3,4)8-9(2)14/h9-10,14-15H,5-8H2,1-4H3. The first-order valence-corrected chi connectivity index (χ1v) is 5.74. The monoisotopic (exact) mass is 232 g/mol. The van der Waals surface area contributed by atoms with E-state index in [0.717, 1.165) is 12.8 Å². The molecule has 2 unspecified atom stereocenters. The van der Waals surface area contributed by atoms with E-state index in [-0.39, 0.29) is 4.59 Å². The lowest BCUT2D eigenvalue weighted by atomic mass is 10.1. The van der Waals surface area contributed by atoms with Crippen LogP contribution in [0.2, 0.25) is 0 Å². The average Bonchev–Trinajstić information content (AvgIpc) is 2.10. The molecule has 0 spiro atoms. The number of rotatable bonds is 7. The summed E-state index contributed by atoms with van der Waals surface area (Å²) < 4.78 is 0.0414. The van der Waals surface area contributed by atoms with E-state index in [9.17, 15) is 15.3 Å². The Morgan fingerprint density at radius 2 is 1.94 bits per heavy atom. The Morgan fingerprint density at radius 3 is 2.38 bits per heavy atom.